The van der Waals surface area contributed by atoms with Gasteiger partial charge in [0.25, 0.3) is 0 Å². The Hall–Kier alpha value is -1.55. The molecule has 1 amide bonds. The molecule has 0 aliphatic rings. The van der Waals surface area contributed by atoms with E-state index in [4.69, 9.17) is 10.5 Å². The number of ether oxygens (including phenoxy) is 1. The number of nitrogens with two attached hydrogens (primary N) is 1. The summed E-state index contributed by atoms with van der Waals surface area (Å²) in [7, 11) is 1.66. The lowest BCUT2D eigenvalue weighted by molar-refractivity contribution is -0.120. The summed E-state index contributed by atoms with van der Waals surface area (Å²) in [5.41, 5.74) is 8.42. The van der Waals surface area contributed by atoms with E-state index in [-0.39, 0.29) is 5.91 Å². The normalized spacial score (nSPS) is 10.1. The molecule has 17 heavy (non-hydrogen) atoms. The van der Waals surface area contributed by atoms with Gasteiger partial charge in [0.1, 0.15) is 5.75 Å². The number of carbonyl (C=O) groups is 1. The summed E-state index contributed by atoms with van der Waals surface area (Å²) in [5.74, 6) is 0.885. The van der Waals surface area contributed by atoms with Crippen LogP contribution in [0.5, 0.6) is 5.75 Å². The molecule has 0 atom stereocenters. The zero-order valence-electron chi connectivity index (χ0n) is 10.7. The lowest BCUT2D eigenvalue weighted by atomic mass is 10.0. The van der Waals surface area contributed by atoms with Gasteiger partial charge in [-0.15, -0.1) is 0 Å². The van der Waals surface area contributed by atoms with Gasteiger partial charge in [0.05, 0.1) is 13.5 Å². The van der Waals surface area contributed by atoms with E-state index in [1.165, 1.54) is 0 Å². The minimum Gasteiger partial charge on any atom is -0.496 e. The van der Waals surface area contributed by atoms with Crippen molar-refractivity contribution in [1.82, 2.24) is 5.32 Å². The molecular formula is C13H20N2O2. The second-order valence-corrected chi connectivity index (χ2v) is 4.08. The quantitative estimate of drug-likeness (QED) is 0.799. The zero-order valence-corrected chi connectivity index (χ0v) is 10.7. The molecule has 4 heteroatoms. The maximum atomic E-state index is 11.6. The van der Waals surface area contributed by atoms with Crippen LogP contribution in [-0.4, -0.2) is 26.1 Å². The molecule has 0 spiro atoms. The van der Waals surface area contributed by atoms with Gasteiger partial charge in [-0.2, -0.15) is 0 Å². The number of benzene rings is 1. The van der Waals surface area contributed by atoms with E-state index in [9.17, 15) is 4.79 Å². The Bertz CT molecular complexity index is 379. The summed E-state index contributed by atoms with van der Waals surface area (Å²) in [4.78, 5) is 11.6. The highest BCUT2D eigenvalue weighted by atomic mass is 16.5. The van der Waals surface area contributed by atoms with Gasteiger partial charge in [0, 0.05) is 13.1 Å². The molecule has 0 aromatic heterocycles. The fourth-order valence-corrected chi connectivity index (χ4v) is 1.92. The summed E-state index contributed by atoms with van der Waals surface area (Å²) < 4.78 is 5.28. The molecule has 0 bridgehead atoms. The van der Waals surface area contributed by atoms with E-state index >= 15 is 0 Å². The molecule has 3 N–H and O–H groups in total. The third kappa shape index (κ3) is 3.75. The molecule has 0 saturated carbocycles. The van der Waals surface area contributed by atoms with Gasteiger partial charge in [-0.1, -0.05) is 12.1 Å². The first-order valence-corrected chi connectivity index (χ1v) is 5.69. The third-order valence-corrected chi connectivity index (χ3v) is 2.56. The SMILES string of the molecule is COc1c(C)cc(CC(=O)NCCN)cc1C. The number of hydrogen-bond acceptors (Lipinski definition) is 3. The van der Waals surface area contributed by atoms with Crippen molar-refractivity contribution in [3.8, 4) is 5.75 Å². The van der Waals surface area contributed by atoms with Crippen LogP contribution in [0.25, 0.3) is 0 Å². The first-order valence-electron chi connectivity index (χ1n) is 5.69. The van der Waals surface area contributed by atoms with E-state index in [1.807, 2.05) is 26.0 Å². The van der Waals surface area contributed by atoms with Crippen LogP contribution in [0.3, 0.4) is 0 Å². The Kier molecular flexibility index (Phi) is 4.97. The van der Waals surface area contributed by atoms with Gasteiger partial charge in [-0.25, -0.2) is 0 Å². The topological polar surface area (TPSA) is 64.3 Å². The lowest BCUT2D eigenvalue weighted by Crippen LogP contribution is -2.30. The maximum Gasteiger partial charge on any atom is 0.224 e. The van der Waals surface area contributed by atoms with Crippen LogP contribution in [0.15, 0.2) is 12.1 Å². The van der Waals surface area contributed by atoms with Crippen molar-refractivity contribution in [2.24, 2.45) is 5.73 Å². The number of carbonyl (C=O) groups excluding carboxylic acids is 1. The van der Waals surface area contributed by atoms with Crippen LogP contribution >= 0.6 is 0 Å². The largest absolute Gasteiger partial charge is 0.496 e. The van der Waals surface area contributed by atoms with Gasteiger partial charge in [0.15, 0.2) is 0 Å². The molecule has 1 aromatic rings. The number of rotatable bonds is 5. The smallest absolute Gasteiger partial charge is 0.224 e. The van der Waals surface area contributed by atoms with Crippen LogP contribution in [0.2, 0.25) is 0 Å². The average Bonchev–Trinajstić information content (AvgIpc) is 2.26. The Labute approximate surface area is 102 Å². The number of amides is 1. The van der Waals surface area contributed by atoms with Crippen molar-refractivity contribution < 1.29 is 9.53 Å². The highest BCUT2D eigenvalue weighted by molar-refractivity contribution is 5.78. The molecule has 1 aromatic carbocycles. The molecule has 0 heterocycles. The molecule has 0 radical (unpaired) electrons. The van der Waals surface area contributed by atoms with Crippen molar-refractivity contribution in [3.05, 3.63) is 28.8 Å². The van der Waals surface area contributed by atoms with E-state index in [2.05, 4.69) is 5.32 Å². The van der Waals surface area contributed by atoms with Gasteiger partial charge >= 0.3 is 0 Å². The van der Waals surface area contributed by atoms with Crippen molar-refractivity contribution in [2.45, 2.75) is 20.3 Å². The first kappa shape index (κ1) is 13.5. The Morgan fingerprint density at radius 2 is 1.94 bits per heavy atom. The standard InChI is InChI=1S/C13H20N2O2/c1-9-6-11(7-10(2)13(9)17-3)8-12(16)15-5-4-14/h6-7H,4-5,8,14H2,1-3H3,(H,15,16). The molecule has 0 aliphatic heterocycles. The van der Waals surface area contributed by atoms with Crippen LogP contribution < -0.4 is 15.8 Å². The number of methoxy groups -OCH3 is 1. The number of nitrogens with one attached hydrogen (secondary N) is 1. The van der Waals surface area contributed by atoms with Crippen molar-refractivity contribution >= 4 is 5.91 Å². The highest BCUT2D eigenvalue weighted by Crippen LogP contribution is 2.24. The second kappa shape index (κ2) is 6.25. The monoisotopic (exact) mass is 236 g/mol. The van der Waals surface area contributed by atoms with E-state index in [1.54, 1.807) is 7.11 Å². The van der Waals surface area contributed by atoms with Gasteiger partial charge in [0.2, 0.25) is 5.91 Å². The van der Waals surface area contributed by atoms with Crippen molar-refractivity contribution in [3.63, 3.8) is 0 Å². The van der Waals surface area contributed by atoms with Gasteiger partial charge < -0.3 is 15.8 Å². The predicted octanol–water partition coefficient (Wildman–Crippen LogP) is 0.929. The average molecular weight is 236 g/mol. The number of hydrogen-bond donors (Lipinski definition) is 2. The van der Waals surface area contributed by atoms with E-state index in [0.29, 0.717) is 19.5 Å². The summed E-state index contributed by atoms with van der Waals surface area (Å²) in [6.45, 7) is 4.94. The zero-order chi connectivity index (χ0) is 12.8. The fourth-order valence-electron chi connectivity index (χ4n) is 1.92. The molecule has 94 valence electrons. The molecular weight excluding hydrogens is 216 g/mol. The Morgan fingerprint density at radius 3 is 2.41 bits per heavy atom. The van der Waals surface area contributed by atoms with Crippen LogP contribution in [0.4, 0.5) is 0 Å². The number of aryl methyl sites for hydroxylation is 2. The second-order valence-electron chi connectivity index (χ2n) is 4.08. The minimum atomic E-state index is -0.000540. The maximum absolute atomic E-state index is 11.6. The summed E-state index contributed by atoms with van der Waals surface area (Å²) in [5, 5.41) is 2.75. The van der Waals surface area contributed by atoms with Crippen LogP contribution in [-0.2, 0) is 11.2 Å². The van der Waals surface area contributed by atoms with Gasteiger partial charge in [-0.3, -0.25) is 4.79 Å². The predicted molar refractivity (Wildman–Crippen MR) is 68.2 cm³/mol. The fraction of sp³-hybridized carbons (Fsp3) is 0.462. The Morgan fingerprint density at radius 1 is 1.35 bits per heavy atom. The Balaban J connectivity index is 2.76. The summed E-state index contributed by atoms with van der Waals surface area (Å²) in [6.07, 6.45) is 0.381. The van der Waals surface area contributed by atoms with Gasteiger partial charge in [-0.05, 0) is 30.5 Å². The van der Waals surface area contributed by atoms with E-state index < -0.39 is 0 Å². The first-order chi connectivity index (χ1) is 8.08. The third-order valence-electron chi connectivity index (χ3n) is 2.56. The highest BCUT2D eigenvalue weighted by Gasteiger charge is 2.08. The van der Waals surface area contributed by atoms with Crippen LogP contribution in [0.1, 0.15) is 16.7 Å². The van der Waals surface area contributed by atoms with Crippen LogP contribution in [0, 0.1) is 13.8 Å². The van der Waals surface area contributed by atoms with Crippen molar-refractivity contribution in [2.75, 3.05) is 20.2 Å². The molecule has 0 unspecified atom stereocenters. The minimum absolute atomic E-state index is 0.000540. The molecule has 4 nitrogen and oxygen atoms in total. The van der Waals surface area contributed by atoms with E-state index in [0.717, 1.165) is 22.4 Å². The summed E-state index contributed by atoms with van der Waals surface area (Å²) in [6, 6.07) is 3.96. The van der Waals surface area contributed by atoms with Crippen molar-refractivity contribution in [1.29, 1.82) is 0 Å². The lowest BCUT2D eigenvalue weighted by Gasteiger charge is -2.11. The molecule has 0 saturated heterocycles. The molecule has 0 aliphatic carbocycles. The molecule has 0 fully saturated rings. The molecule has 1 rings (SSSR count). The summed E-state index contributed by atoms with van der Waals surface area (Å²) >= 11 is 0.